The molecule has 2 heterocycles. The minimum Gasteiger partial charge on any atom is -0.285 e. The van der Waals surface area contributed by atoms with Gasteiger partial charge in [-0.1, -0.05) is 18.2 Å². The van der Waals surface area contributed by atoms with Crippen molar-refractivity contribution in [3.8, 4) is 0 Å². The number of benzene rings is 2. The molecular weight excluding hydrogens is 398 g/mol. The van der Waals surface area contributed by atoms with Crippen molar-refractivity contribution in [2.24, 2.45) is 0 Å². The van der Waals surface area contributed by atoms with Gasteiger partial charge in [0.2, 0.25) is 0 Å². The van der Waals surface area contributed by atoms with E-state index in [4.69, 9.17) is 0 Å². The minimum atomic E-state index is -4.10. The van der Waals surface area contributed by atoms with Gasteiger partial charge in [0.15, 0.2) is 5.65 Å². The highest BCUT2D eigenvalue weighted by molar-refractivity contribution is 7.92. The van der Waals surface area contributed by atoms with Crippen molar-refractivity contribution in [3.05, 3.63) is 89.9 Å². The number of sulfonamides is 1. The molecule has 0 amide bonds. The van der Waals surface area contributed by atoms with E-state index in [-0.39, 0.29) is 17.1 Å². The smallest absolute Gasteiger partial charge is 0.266 e. The fourth-order valence-corrected chi connectivity index (χ4v) is 4.46. The Morgan fingerprint density at radius 3 is 2.41 bits per heavy atom. The van der Waals surface area contributed by atoms with Crippen LogP contribution in [0.4, 0.5) is 14.5 Å². The Bertz CT molecular complexity index is 1300. The fourth-order valence-electron chi connectivity index (χ4n) is 3.01. The molecule has 0 bridgehead atoms. The highest BCUT2D eigenvalue weighted by Gasteiger charge is 2.26. The molecule has 148 valence electrons. The molecule has 0 saturated heterocycles. The molecule has 0 radical (unpaired) electrons. The van der Waals surface area contributed by atoms with Crippen LogP contribution in [0.1, 0.15) is 11.4 Å². The summed E-state index contributed by atoms with van der Waals surface area (Å²) < 4.78 is 57.0. The molecule has 4 rings (SSSR count). The van der Waals surface area contributed by atoms with Crippen LogP contribution < -0.4 is 4.31 Å². The van der Waals surface area contributed by atoms with E-state index in [9.17, 15) is 17.2 Å². The van der Waals surface area contributed by atoms with Crippen molar-refractivity contribution >= 4 is 21.4 Å². The lowest BCUT2D eigenvalue weighted by Gasteiger charge is -2.25. The molecule has 0 spiro atoms. The lowest BCUT2D eigenvalue weighted by Crippen LogP contribution is -2.31. The maximum absolute atomic E-state index is 13.8. The summed E-state index contributed by atoms with van der Waals surface area (Å²) >= 11 is 0. The van der Waals surface area contributed by atoms with E-state index >= 15 is 0 Å². The summed E-state index contributed by atoms with van der Waals surface area (Å²) in [7, 11) is -4.10. The topological polar surface area (TPSA) is 67.6 Å². The number of pyridine rings is 1. The summed E-state index contributed by atoms with van der Waals surface area (Å²) in [5.74, 6) is -0.535. The SMILES string of the molecule is Cc1nnc2ccc(S(=O)(=O)N(Cc3cccc(F)c3)c3cccc(F)c3)cn12. The second kappa shape index (κ2) is 7.25. The van der Waals surface area contributed by atoms with Gasteiger partial charge in [0.1, 0.15) is 22.4 Å². The maximum atomic E-state index is 13.8. The Morgan fingerprint density at radius 2 is 1.69 bits per heavy atom. The third kappa shape index (κ3) is 3.68. The standard InChI is InChI=1S/C20H16F2N4O2S/c1-14-23-24-20-9-8-19(13-25(14)20)29(27,28)26(18-7-3-6-17(22)11-18)12-15-4-2-5-16(21)10-15/h2-11,13H,12H2,1H3. The summed E-state index contributed by atoms with van der Waals surface area (Å²) in [5.41, 5.74) is 1.07. The first-order valence-electron chi connectivity index (χ1n) is 8.69. The monoisotopic (exact) mass is 414 g/mol. The van der Waals surface area contributed by atoms with Gasteiger partial charge in [-0.15, -0.1) is 10.2 Å². The number of aromatic nitrogens is 3. The highest BCUT2D eigenvalue weighted by atomic mass is 32.2. The number of anilines is 1. The second-order valence-corrected chi connectivity index (χ2v) is 8.32. The number of halogens is 2. The second-order valence-electron chi connectivity index (χ2n) is 6.46. The highest BCUT2D eigenvalue weighted by Crippen LogP contribution is 2.27. The van der Waals surface area contributed by atoms with Crippen molar-refractivity contribution in [2.45, 2.75) is 18.4 Å². The van der Waals surface area contributed by atoms with E-state index in [2.05, 4.69) is 10.2 Å². The molecule has 29 heavy (non-hydrogen) atoms. The minimum absolute atomic E-state index is 0.0198. The zero-order chi connectivity index (χ0) is 20.6. The largest absolute Gasteiger partial charge is 0.285 e. The Morgan fingerprint density at radius 1 is 0.966 bits per heavy atom. The van der Waals surface area contributed by atoms with Crippen LogP contribution in [-0.4, -0.2) is 23.0 Å². The Balaban J connectivity index is 1.84. The molecule has 0 aliphatic heterocycles. The zero-order valence-electron chi connectivity index (χ0n) is 15.3. The first-order chi connectivity index (χ1) is 13.8. The van der Waals surface area contributed by atoms with Gasteiger partial charge in [0.05, 0.1) is 12.2 Å². The van der Waals surface area contributed by atoms with Gasteiger partial charge in [-0.05, 0) is 55.0 Å². The van der Waals surface area contributed by atoms with E-state index in [1.54, 1.807) is 23.5 Å². The van der Waals surface area contributed by atoms with Crippen LogP contribution in [0.5, 0.6) is 0 Å². The van der Waals surface area contributed by atoms with Crippen LogP contribution in [0.25, 0.3) is 5.65 Å². The predicted octanol–water partition coefficient (Wildman–Crippen LogP) is 3.71. The molecule has 4 aromatic rings. The van der Waals surface area contributed by atoms with Gasteiger partial charge >= 0.3 is 0 Å². The summed E-state index contributed by atoms with van der Waals surface area (Å²) in [6.45, 7) is 1.54. The van der Waals surface area contributed by atoms with Crippen molar-refractivity contribution < 1.29 is 17.2 Å². The molecule has 2 aromatic heterocycles. The van der Waals surface area contributed by atoms with E-state index in [1.165, 1.54) is 48.7 Å². The van der Waals surface area contributed by atoms with Gasteiger partial charge in [-0.3, -0.25) is 8.71 Å². The van der Waals surface area contributed by atoms with Crippen molar-refractivity contribution in [1.29, 1.82) is 0 Å². The van der Waals surface area contributed by atoms with Crippen molar-refractivity contribution in [3.63, 3.8) is 0 Å². The predicted molar refractivity (Wildman–Crippen MR) is 104 cm³/mol. The number of hydrogen-bond donors (Lipinski definition) is 0. The van der Waals surface area contributed by atoms with Gasteiger partial charge in [0, 0.05) is 6.20 Å². The van der Waals surface area contributed by atoms with Crippen LogP contribution in [0.2, 0.25) is 0 Å². The lowest BCUT2D eigenvalue weighted by atomic mass is 10.2. The fraction of sp³-hybridized carbons (Fsp3) is 0.100. The molecule has 0 atom stereocenters. The summed E-state index contributed by atoms with van der Waals surface area (Å²) in [5, 5.41) is 7.87. The molecule has 0 fully saturated rings. The Labute approximate surface area is 166 Å². The Hall–Kier alpha value is -3.33. The number of nitrogens with zero attached hydrogens (tertiary/aromatic N) is 4. The van der Waals surface area contributed by atoms with E-state index < -0.39 is 21.7 Å². The van der Waals surface area contributed by atoms with E-state index in [0.717, 1.165) is 10.4 Å². The third-order valence-corrected chi connectivity index (χ3v) is 6.20. The van der Waals surface area contributed by atoms with Gasteiger partial charge < -0.3 is 0 Å². The first-order valence-corrected chi connectivity index (χ1v) is 10.1. The average molecular weight is 414 g/mol. The lowest BCUT2D eigenvalue weighted by molar-refractivity contribution is 0.588. The van der Waals surface area contributed by atoms with Crippen LogP contribution in [-0.2, 0) is 16.6 Å². The number of hydrogen-bond acceptors (Lipinski definition) is 4. The van der Waals surface area contributed by atoms with Gasteiger partial charge in [-0.25, -0.2) is 17.2 Å². The zero-order valence-corrected chi connectivity index (χ0v) is 16.1. The molecule has 2 aromatic carbocycles. The van der Waals surface area contributed by atoms with Crippen LogP contribution >= 0.6 is 0 Å². The summed E-state index contributed by atoms with van der Waals surface area (Å²) in [6.07, 6.45) is 1.41. The number of fused-ring (bicyclic) bond motifs is 1. The summed E-state index contributed by atoms with van der Waals surface area (Å²) in [4.78, 5) is -0.0198. The molecule has 0 saturated carbocycles. The third-order valence-electron chi connectivity index (χ3n) is 4.45. The molecule has 6 nitrogen and oxygen atoms in total. The first kappa shape index (κ1) is 19.0. The molecule has 0 N–H and O–H groups in total. The molecule has 0 unspecified atom stereocenters. The molecule has 0 aliphatic rings. The normalized spacial score (nSPS) is 11.7. The number of aryl methyl sites for hydroxylation is 1. The van der Waals surface area contributed by atoms with Crippen molar-refractivity contribution in [1.82, 2.24) is 14.6 Å². The Kier molecular flexibility index (Phi) is 4.75. The maximum Gasteiger partial charge on any atom is 0.266 e. The van der Waals surface area contributed by atoms with Crippen molar-refractivity contribution in [2.75, 3.05) is 4.31 Å². The van der Waals surface area contributed by atoms with E-state index in [1.807, 2.05) is 0 Å². The van der Waals surface area contributed by atoms with Crippen LogP contribution in [0.15, 0.2) is 71.8 Å². The average Bonchev–Trinajstić information content (AvgIpc) is 3.06. The molecule has 0 aliphatic carbocycles. The summed E-state index contributed by atoms with van der Waals surface area (Å²) in [6, 6.07) is 13.8. The van der Waals surface area contributed by atoms with Gasteiger partial charge in [0.25, 0.3) is 10.0 Å². The number of rotatable bonds is 5. The van der Waals surface area contributed by atoms with Crippen LogP contribution in [0.3, 0.4) is 0 Å². The van der Waals surface area contributed by atoms with E-state index in [0.29, 0.717) is 17.0 Å². The van der Waals surface area contributed by atoms with Crippen LogP contribution in [0, 0.1) is 18.6 Å². The quantitative estimate of drug-likeness (QED) is 0.499. The molecular formula is C20H16F2N4O2S. The molecule has 9 heteroatoms. The van der Waals surface area contributed by atoms with Gasteiger partial charge in [-0.2, -0.15) is 0 Å².